The number of benzene rings is 1. The van der Waals surface area contributed by atoms with E-state index in [4.69, 9.17) is 5.73 Å². The highest BCUT2D eigenvalue weighted by atomic mass is 32.1. The molecule has 1 heterocycles. The van der Waals surface area contributed by atoms with Gasteiger partial charge in [0.25, 0.3) is 0 Å². The minimum absolute atomic E-state index is 0.146. The van der Waals surface area contributed by atoms with Gasteiger partial charge in [-0.05, 0) is 23.4 Å². The van der Waals surface area contributed by atoms with E-state index in [0.29, 0.717) is 6.42 Å². The van der Waals surface area contributed by atoms with Crippen LogP contribution in [-0.4, -0.2) is 11.9 Å². The van der Waals surface area contributed by atoms with Gasteiger partial charge in [-0.25, -0.2) is 0 Å². The van der Waals surface area contributed by atoms with Gasteiger partial charge < -0.3 is 11.1 Å². The number of thiophene rings is 1. The Kier molecular flexibility index (Phi) is 3.90. The summed E-state index contributed by atoms with van der Waals surface area (Å²) in [7, 11) is 0. The molecule has 0 saturated carbocycles. The summed E-state index contributed by atoms with van der Waals surface area (Å²) in [5.41, 5.74) is 7.74. The maximum Gasteiger partial charge on any atom is 0.241 e. The minimum Gasteiger partial charge on any atom is -0.324 e. The quantitative estimate of drug-likeness (QED) is 0.869. The van der Waals surface area contributed by atoms with Crippen molar-refractivity contribution in [3.05, 3.63) is 52.7 Å². The van der Waals surface area contributed by atoms with Crippen LogP contribution in [0.2, 0.25) is 0 Å². The van der Waals surface area contributed by atoms with Gasteiger partial charge in [0.05, 0.1) is 11.7 Å². The molecule has 1 aromatic carbocycles. The Hall–Kier alpha value is -1.65. The Labute approximate surface area is 104 Å². The third-order valence-electron chi connectivity index (χ3n) is 2.42. The number of hydrogen-bond donors (Lipinski definition) is 2. The van der Waals surface area contributed by atoms with E-state index in [9.17, 15) is 4.79 Å². The molecule has 88 valence electrons. The molecule has 1 aromatic heterocycles. The second kappa shape index (κ2) is 5.61. The summed E-state index contributed by atoms with van der Waals surface area (Å²) in [6, 6.07) is 11.1. The SMILES string of the molecule is NC(Cc1ccccc1)C(=O)Nc1ccsc1. The standard InChI is InChI=1S/C13H14N2OS/c14-12(8-10-4-2-1-3-5-10)13(16)15-11-6-7-17-9-11/h1-7,9,12H,8,14H2,(H,15,16). The molecule has 0 aliphatic carbocycles. The van der Waals surface area contributed by atoms with Gasteiger partial charge in [0.2, 0.25) is 5.91 Å². The van der Waals surface area contributed by atoms with Crippen LogP contribution in [0.3, 0.4) is 0 Å². The summed E-state index contributed by atoms with van der Waals surface area (Å²) in [6.07, 6.45) is 0.552. The van der Waals surface area contributed by atoms with Crippen molar-refractivity contribution in [3.8, 4) is 0 Å². The van der Waals surface area contributed by atoms with Crippen LogP contribution in [0.15, 0.2) is 47.2 Å². The molecule has 0 fully saturated rings. The fourth-order valence-corrected chi connectivity index (χ4v) is 2.12. The summed E-state index contributed by atoms with van der Waals surface area (Å²) in [4.78, 5) is 11.8. The van der Waals surface area contributed by atoms with E-state index in [1.807, 2.05) is 47.2 Å². The predicted octanol–water partition coefficient (Wildman–Crippen LogP) is 2.26. The largest absolute Gasteiger partial charge is 0.324 e. The molecular formula is C13H14N2OS. The molecule has 3 nitrogen and oxygen atoms in total. The maximum atomic E-state index is 11.8. The van der Waals surface area contributed by atoms with Crippen molar-refractivity contribution in [2.45, 2.75) is 12.5 Å². The third kappa shape index (κ3) is 3.41. The van der Waals surface area contributed by atoms with Gasteiger partial charge in [-0.3, -0.25) is 4.79 Å². The molecule has 1 atom stereocenters. The van der Waals surface area contributed by atoms with Gasteiger partial charge in [-0.2, -0.15) is 11.3 Å². The molecule has 0 radical (unpaired) electrons. The van der Waals surface area contributed by atoms with Gasteiger partial charge >= 0.3 is 0 Å². The van der Waals surface area contributed by atoms with Gasteiger partial charge in [-0.1, -0.05) is 30.3 Å². The van der Waals surface area contributed by atoms with Crippen LogP contribution < -0.4 is 11.1 Å². The van der Waals surface area contributed by atoms with Crippen molar-refractivity contribution in [2.75, 3.05) is 5.32 Å². The lowest BCUT2D eigenvalue weighted by Gasteiger charge is -2.11. The second-order valence-corrected chi connectivity index (χ2v) is 4.58. The molecule has 0 bridgehead atoms. The zero-order valence-corrected chi connectivity index (χ0v) is 10.1. The number of rotatable bonds is 4. The number of amides is 1. The Morgan fingerprint density at radius 3 is 2.71 bits per heavy atom. The topological polar surface area (TPSA) is 55.1 Å². The highest BCUT2D eigenvalue weighted by molar-refractivity contribution is 7.08. The lowest BCUT2D eigenvalue weighted by molar-refractivity contribution is -0.117. The number of carbonyl (C=O) groups is 1. The van der Waals surface area contributed by atoms with Crippen LogP contribution in [0.5, 0.6) is 0 Å². The molecule has 3 N–H and O–H groups in total. The smallest absolute Gasteiger partial charge is 0.241 e. The first-order valence-electron chi connectivity index (χ1n) is 5.38. The summed E-state index contributed by atoms with van der Waals surface area (Å²) in [5.74, 6) is -0.146. The molecule has 0 aliphatic rings. The van der Waals surface area contributed by atoms with Crippen molar-refractivity contribution >= 4 is 22.9 Å². The molecule has 17 heavy (non-hydrogen) atoms. The molecular weight excluding hydrogens is 232 g/mol. The molecule has 0 saturated heterocycles. The van der Waals surface area contributed by atoms with Crippen molar-refractivity contribution in [1.82, 2.24) is 0 Å². The average Bonchev–Trinajstić information content (AvgIpc) is 2.83. The highest BCUT2D eigenvalue weighted by Gasteiger charge is 2.14. The number of nitrogens with two attached hydrogens (primary N) is 1. The second-order valence-electron chi connectivity index (χ2n) is 3.80. The van der Waals surface area contributed by atoms with Crippen molar-refractivity contribution < 1.29 is 4.79 Å². The van der Waals surface area contributed by atoms with Crippen LogP contribution in [-0.2, 0) is 11.2 Å². The normalized spacial score (nSPS) is 12.1. The van der Waals surface area contributed by atoms with E-state index >= 15 is 0 Å². The van der Waals surface area contributed by atoms with Gasteiger partial charge in [0.15, 0.2) is 0 Å². The van der Waals surface area contributed by atoms with E-state index in [2.05, 4.69) is 5.32 Å². The van der Waals surface area contributed by atoms with Gasteiger partial charge in [-0.15, -0.1) is 0 Å². The summed E-state index contributed by atoms with van der Waals surface area (Å²) in [6.45, 7) is 0. The highest BCUT2D eigenvalue weighted by Crippen LogP contribution is 2.12. The fraction of sp³-hybridized carbons (Fsp3) is 0.154. The maximum absolute atomic E-state index is 11.8. The lowest BCUT2D eigenvalue weighted by atomic mass is 10.1. The zero-order valence-electron chi connectivity index (χ0n) is 9.30. The molecule has 0 spiro atoms. The van der Waals surface area contributed by atoms with E-state index in [1.54, 1.807) is 11.3 Å². The van der Waals surface area contributed by atoms with E-state index < -0.39 is 6.04 Å². The van der Waals surface area contributed by atoms with E-state index in [-0.39, 0.29) is 5.91 Å². The van der Waals surface area contributed by atoms with E-state index in [0.717, 1.165) is 11.3 Å². The van der Waals surface area contributed by atoms with Crippen molar-refractivity contribution in [1.29, 1.82) is 0 Å². The Bertz CT molecular complexity index is 467. The predicted molar refractivity (Wildman–Crippen MR) is 71.1 cm³/mol. The zero-order chi connectivity index (χ0) is 12.1. The van der Waals surface area contributed by atoms with E-state index in [1.165, 1.54) is 0 Å². The monoisotopic (exact) mass is 246 g/mol. The molecule has 4 heteroatoms. The summed E-state index contributed by atoms with van der Waals surface area (Å²) < 4.78 is 0. The number of anilines is 1. The van der Waals surface area contributed by atoms with Crippen molar-refractivity contribution in [3.63, 3.8) is 0 Å². The Balaban J connectivity index is 1.92. The Morgan fingerprint density at radius 2 is 2.06 bits per heavy atom. The molecule has 1 amide bonds. The molecule has 2 aromatic rings. The summed E-state index contributed by atoms with van der Waals surface area (Å²) >= 11 is 1.54. The number of hydrogen-bond acceptors (Lipinski definition) is 3. The number of nitrogens with one attached hydrogen (secondary N) is 1. The average molecular weight is 246 g/mol. The lowest BCUT2D eigenvalue weighted by Crippen LogP contribution is -2.37. The minimum atomic E-state index is -0.516. The molecule has 1 unspecified atom stereocenters. The van der Waals surface area contributed by atoms with Crippen LogP contribution in [0, 0.1) is 0 Å². The Morgan fingerprint density at radius 1 is 1.29 bits per heavy atom. The first kappa shape index (κ1) is 11.8. The first-order chi connectivity index (χ1) is 8.25. The van der Waals surface area contributed by atoms with Crippen LogP contribution in [0.4, 0.5) is 5.69 Å². The van der Waals surface area contributed by atoms with Crippen LogP contribution in [0.25, 0.3) is 0 Å². The van der Waals surface area contributed by atoms with Crippen LogP contribution >= 0.6 is 11.3 Å². The third-order valence-corrected chi connectivity index (χ3v) is 3.11. The van der Waals surface area contributed by atoms with Crippen LogP contribution in [0.1, 0.15) is 5.56 Å². The number of carbonyl (C=O) groups excluding carboxylic acids is 1. The molecule has 0 aliphatic heterocycles. The van der Waals surface area contributed by atoms with Gasteiger partial charge in [0.1, 0.15) is 0 Å². The summed E-state index contributed by atoms with van der Waals surface area (Å²) in [5, 5.41) is 6.59. The van der Waals surface area contributed by atoms with Crippen molar-refractivity contribution in [2.24, 2.45) is 5.73 Å². The first-order valence-corrected chi connectivity index (χ1v) is 6.32. The fourth-order valence-electron chi connectivity index (χ4n) is 1.53. The van der Waals surface area contributed by atoms with Gasteiger partial charge in [0, 0.05) is 5.38 Å². The molecule has 2 rings (SSSR count).